The van der Waals surface area contributed by atoms with Gasteiger partial charge in [0.05, 0.1) is 5.69 Å². The van der Waals surface area contributed by atoms with Gasteiger partial charge in [0, 0.05) is 22.8 Å². The van der Waals surface area contributed by atoms with Gasteiger partial charge >= 0.3 is 0 Å². The molecule has 1 aliphatic rings. The maximum atomic E-state index is 11.8. The molecule has 3 rings (SSSR count). The van der Waals surface area contributed by atoms with Crippen LogP contribution in [0.15, 0.2) is 34.8 Å². The summed E-state index contributed by atoms with van der Waals surface area (Å²) in [7, 11) is 0. The summed E-state index contributed by atoms with van der Waals surface area (Å²) in [5, 5.41) is 11.5. The zero-order valence-electron chi connectivity index (χ0n) is 9.69. The van der Waals surface area contributed by atoms with E-state index >= 15 is 0 Å². The van der Waals surface area contributed by atoms with Crippen LogP contribution in [0.3, 0.4) is 0 Å². The lowest BCUT2D eigenvalue weighted by atomic mass is 10.1. The number of phenolic OH excluding ortho intramolecular Hbond substituents is 1. The number of anilines is 1. The smallest absolute Gasteiger partial charge is 0.227 e. The Morgan fingerprint density at radius 3 is 2.72 bits per heavy atom. The molecule has 0 saturated carbocycles. The van der Waals surface area contributed by atoms with Gasteiger partial charge in [-0.2, -0.15) is 0 Å². The highest BCUT2D eigenvalue weighted by atomic mass is 79.9. The van der Waals surface area contributed by atoms with Crippen LogP contribution in [0.4, 0.5) is 5.69 Å². The Morgan fingerprint density at radius 2 is 2.00 bits per heavy atom. The highest BCUT2D eigenvalue weighted by Gasteiger charge is 2.23. The van der Waals surface area contributed by atoms with E-state index in [1.807, 2.05) is 18.2 Å². The molecular weight excluding hydrogens is 294 g/mol. The Kier molecular flexibility index (Phi) is 2.74. The predicted molar refractivity (Wildman–Crippen MR) is 74.9 cm³/mol. The summed E-state index contributed by atoms with van der Waals surface area (Å²) in [6.45, 7) is 0.755. The van der Waals surface area contributed by atoms with Gasteiger partial charge in [-0.1, -0.05) is 15.9 Å². The number of halogens is 1. The summed E-state index contributed by atoms with van der Waals surface area (Å²) < 4.78 is 0.966. The Bertz CT molecular complexity index is 639. The quantitative estimate of drug-likeness (QED) is 0.877. The first-order chi connectivity index (χ1) is 8.66. The van der Waals surface area contributed by atoms with Gasteiger partial charge in [-0.25, -0.2) is 0 Å². The van der Waals surface area contributed by atoms with E-state index in [-0.39, 0.29) is 11.7 Å². The highest BCUT2D eigenvalue weighted by molar-refractivity contribution is 9.10. The van der Waals surface area contributed by atoms with Gasteiger partial charge in [0.2, 0.25) is 5.91 Å². The van der Waals surface area contributed by atoms with Crippen molar-refractivity contribution in [1.29, 1.82) is 0 Å². The van der Waals surface area contributed by atoms with Crippen LogP contribution in [-0.4, -0.2) is 17.6 Å². The molecular formula is C14H12BrNO2. The van der Waals surface area contributed by atoms with Gasteiger partial charge in [0.15, 0.2) is 0 Å². The monoisotopic (exact) mass is 305 g/mol. The van der Waals surface area contributed by atoms with Gasteiger partial charge < -0.3 is 10.0 Å². The molecule has 1 amide bonds. The number of nitrogens with zero attached hydrogens (tertiary/aromatic N) is 1. The second-order valence-electron chi connectivity index (χ2n) is 4.45. The standard InChI is InChI=1S/C14H12BrNO2/c15-12-5-6-13(16-7-1-2-14(16)18)11-8-9(17)3-4-10(11)12/h3-6,8,17H,1-2,7H2. The molecule has 2 aromatic carbocycles. The highest BCUT2D eigenvalue weighted by Crippen LogP contribution is 2.36. The number of hydrogen-bond donors (Lipinski definition) is 1. The second-order valence-corrected chi connectivity index (χ2v) is 5.30. The lowest BCUT2D eigenvalue weighted by Crippen LogP contribution is -2.23. The molecule has 92 valence electrons. The number of aromatic hydroxyl groups is 1. The van der Waals surface area contributed by atoms with E-state index in [2.05, 4.69) is 15.9 Å². The third-order valence-corrected chi connectivity index (χ3v) is 3.98. The summed E-state index contributed by atoms with van der Waals surface area (Å²) in [5.41, 5.74) is 0.881. The van der Waals surface area contributed by atoms with Crippen LogP contribution < -0.4 is 4.90 Å². The Hall–Kier alpha value is -1.55. The first-order valence-electron chi connectivity index (χ1n) is 5.88. The van der Waals surface area contributed by atoms with Crippen molar-refractivity contribution in [3.63, 3.8) is 0 Å². The molecule has 0 bridgehead atoms. The van der Waals surface area contributed by atoms with Crippen molar-refractivity contribution in [3.05, 3.63) is 34.8 Å². The van der Waals surface area contributed by atoms with Crippen molar-refractivity contribution < 1.29 is 9.90 Å². The average molecular weight is 306 g/mol. The minimum atomic E-state index is 0.155. The minimum absolute atomic E-state index is 0.155. The van der Waals surface area contributed by atoms with Crippen LogP contribution in [0.1, 0.15) is 12.8 Å². The number of benzene rings is 2. The molecule has 0 unspecified atom stereocenters. The van der Waals surface area contributed by atoms with Crippen LogP contribution in [-0.2, 0) is 4.79 Å². The van der Waals surface area contributed by atoms with Gasteiger partial charge in [0.25, 0.3) is 0 Å². The molecule has 0 atom stereocenters. The zero-order chi connectivity index (χ0) is 12.7. The number of rotatable bonds is 1. The first-order valence-corrected chi connectivity index (χ1v) is 6.68. The topological polar surface area (TPSA) is 40.5 Å². The second kappa shape index (κ2) is 4.28. The van der Waals surface area contributed by atoms with Crippen molar-refractivity contribution in [3.8, 4) is 5.75 Å². The van der Waals surface area contributed by atoms with Crippen molar-refractivity contribution in [1.82, 2.24) is 0 Å². The van der Waals surface area contributed by atoms with E-state index in [1.54, 1.807) is 17.0 Å². The molecule has 1 heterocycles. The van der Waals surface area contributed by atoms with Crippen molar-refractivity contribution in [2.75, 3.05) is 11.4 Å². The molecule has 0 aliphatic carbocycles. The van der Waals surface area contributed by atoms with Crippen LogP contribution in [0.25, 0.3) is 10.8 Å². The Morgan fingerprint density at radius 1 is 1.17 bits per heavy atom. The third-order valence-electron chi connectivity index (χ3n) is 3.29. The number of hydrogen-bond acceptors (Lipinski definition) is 2. The van der Waals surface area contributed by atoms with Crippen LogP contribution in [0.5, 0.6) is 5.75 Å². The fraction of sp³-hybridized carbons (Fsp3) is 0.214. The maximum Gasteiger partial charge on any atom is 0.227 e. The van der Waals surface area contributed by atoms with E-state index in [0.717, 1.165) is 33.9 Å². The molecule has 0 spiro atoms. The van der Waals surface area contributed by atoms with Gasteiger partial charge in [-0.05, 0) is 42.1 Å². The van der Waals surface area contributed by atoms with E-state index in [0.29, 0.717) is 6.42 Å². The van der Waals surface area contributed by atoms with E-state index in [9.17, 15) is 9.90 Å². The van der Waals surface area contributed by atoms with Crippen molar-refractivity contribution >= 4 is 38.3 Å². The van der Waals surface area contributed by atoms with Gasteiger partial charge in [-0.15, -0.1) is 0 Å². The lowest BCUT2D eigenvalue weighted by molar-refractivity contribution is -0.117. The normalized spacial score (nSPS) is 15.6. The first kappa shape index (κ1) is 11.5. The van der Waals surface area contributed by atoms with Gasteiger partial charge in [-0.3, -0.25) is 4.79 Å². The van der Waals surface area contributed by atoms with Crippen LogP contribution >= 0.6 is 15.9 Å². The molecule has 0 aromatic heterocycles. The fourth-order valence-corrected chi connectivity index (χ4v) is 2.90. The molecule has 18 heavy (non-hydrogen) atoms. The minimum Gasteiger partial charge on any atom is -0.508 e. The predicted octanol–water partition coefficient (Wildman–Crippen LogP) is 3.43. The molecule has 3 nitrogen and oxygen atoms in total. The number of carbonyl (C=O) groups is 1. The number of amides is 1. The summed E-state index contributed by atoms with van der Waals surface area (Å²) in [6, 6.07) is 9.10. The van der Waals surface area contributed by atoms with Crippen molar-refractivity contribution in [2.24, 2.45) is 0 Å². The van der Waals surface area contributed by atoms with Gasteiger partial charge in [0.1, 0.15) is 5.75 Å². The maximum absolute atomic E-state index is 11.8. The van der Waals surface area contributed by atoms with Crippen LogP contribution in [0, 0.1) is 0 Å². The molecule has 1 fully saturated rings. The molecule has 1 saturated heterocycles. The number of carbonyl (C=O) groups excluding carboxylic acids is 1. The zero-order valence-corrected chi connectivity index (χ0v) is 11.3. The largest absolute Gasteiger partial charge is 0.508 e. The van der Waals surface area contributed by atoms with E-state index in [4.69, 9.17) is 0 Å². The Labute approximate surface area is 113 Å². The van der Waals surface area contributed by atoms with Crippen molar-refractivity contribution in [2.45, 2.75) is 12.8 Å². The lowest BCUT2D eigenvalue weighted by Gasteiger charge is -2.18. The summed E-state index contributed by atoms with van der Waals surface area (Å²) in [4.78, 5) is 13.6. The number of phenols is 1. The summed E-state index contributed by atoms with van der Waals surface area (Å²) >= 11 is 3.49. The third kappa shape index (κ3) is 1.77. The molecule has 1 N–H and O–H groups in total. The summed E-state index contributed by atoms with van der Waals surface area (Å²) in [5.74, 6) is 0.371. The molecule has 1 aliphatic heterocycles. The van der Waals surface area contributed by atoms with E-state index < -0.39 is 0 Å². The molecule has 0 radical (unpaired) electrons. The molecule has 4 heteroatoms. The SMILES string of the molecule is O=C1CCCN1c1ccc(Br)c2ccc(O)cc12. The fourth-order valence-electron chi connectivity index (χ4n) is 2.42. The average Bonchev–Trinajstić information content (AvgIpc) is 2.76. The number of fused-ring (bicyclic) bond motifs is 1. The van der Waals surface area contributed by atoms with E-state index in [1.165, 1.54) is 0 Å². The summed E-state index contributed by atoms with van der Waals surface area (Å²) in [6.07, 6.45) is 1.51. The van der Waals surface area contributed by atoms with Crippen LogP contribution in [0.2, 0.25) is 0 Å². The molecule has 2 aromatic rings. The Balaban J connectivity index is 2.26.